The van der Waals surface area contributed by atoms with Crippen molar-refractivity contribution in [1.29, 1.82) is 0 Å². The van der Waals surface area contributed by atoms with Gasteiger partial charge >= 0.3 is 24.8 Å². The molecular formula is C40H24BBrNO2S. The van der Waals surface area contributed by atoms with Crippen LogP contribution in [0, 0.1) is 0 Å². The monoisotopic (exact) mass is 672 g/mol. The predicted molar refractivity (Wildman–Crippen MR) is 202 cm³/mol. The first-order valence-electron chi connectivity index (χ1n) is 14.8. The summed E-state index contributed by atoms with van der Waals surface area (Å²) in [6.45, 7) is 0. The molecule has 46 heavy (non-hydrogen) atoms. The molecule has 0 amide bonds. The normalized spacial score (nSPS) is 11.3. The van der Waals surface area contributed by atoms with Crippen LogP contribution in [0.4, 0.5) is 0 Å². The van der Waals surface area contributed by atoms with Gasteiger partial charge in [0, 0.05) is 31.4 Å². The summed E-state index contributed by atoms with van der Waals surface area (Å²) in [6, 6.07) is 48.6. The molecule has 0 unspecified atom stereocenters. The summed E-state index contributed by atoms with van der Waals surface area (Å²) in [5.74, 6) is 0. The van der Waals surface area contributed by atoms with Crippen molar-refractivity contribution >= 4 is 123 Å². The molecule has 217 valence electrons. The Labute approximate surface area is 279 Å². The summed E-state index contributed by atoms with van der Waals surface area (Å²) in [7, 11) is 4.34. The van der Waals surface area contributed by atoms with Crippen molar-refractivity contribution in [2.75, 3.05) is 0 Å². The third-order valence-corrected chi connectivity index (χ3v) is 9.26. The number of hydrogen-bond donors (Lipinski definition) is 1. The van der Waals surface area contributed by atoms with Crippen molar-refractivity contribution in [2.24, 2.45) is 4.30 Å². The first-order valence-corrected chi connectivity index (χ1v) is 16.0. The molecule has 8 aromatic carbocycles. The number of halogens is 1. The summed E-state index contributed by atoms with van der Waals surface area (Å²) in [4.78, 5) is 0. The van der Waals surface area contributed by atoms with E-state index in [9.17, 15) is 0 Å². The molecule has 0 fully saturated rings. The van der Waals surface area contributed by atoms with Gasteiger partial charge in [0.2, 0.25) is 0 Å². The minimum atomic E-state index is 0.914. The minimum absolute atomic E-state index is 0.914. The minimum Gasteiger partial charge on any atom is -0.456 e. The summed E-state index contributed by atoms with van der Waals surface area (Å²) < 4.78 is 16.3. The third kappa shape index (κ3) is 4.68. The Morgan fingerprint density at radius 1 is 0.413 bits per heavy atom. The molecule has 0 saturated heterocycles. The zero-order valence-corrected chi connectivity index (χ0v) is 26.9. The number of fused-ring (bicyclic) bond motifs is 2. The number of hydrogen-bond acceptors (Lipinski definition) is 4. The maximum atomic E-state index is 6.28. The summed E-state index contributed by atoms with van der Waals surface area (Å²) >= 11 is 6.85. The van der Waals surface area contributed by atoms with Gasteiger partial charge in [0.1, 0.15) is 22.3 Å². The van der Waals surface area contributed by atoms with E-state index in [4.69, 9.17) is 8.83 Å². The molecule has 0 aliphatic rings. The maximum absolute atomic E-state index is 6.28. The standard InChI is InChI=1S/C20H11BrO.C20H12O.BHNS/c21-16-10-11-18-20-14(7-3-8-15(16)20)13-6-1-4-12-5-2-9-17(22-18)19(12)13;1-5-13-7-3-11-17-19(13)15(9-1)16-10-2-6-14-8-4-12-18(21-17)20(14)16;1-2-3/h1-11H;1-12H;3H. The fraction of sp³-hybridized carbons (Fsp3) is 0. The van der Waals surface area contributed by atoms with E-state index in [0.717, 1.165) is 26.8 Å². The SMILES string of the molecule is Brc1ccc2oc3cccc4cccc(c5cccc1c25)c43.[B]=NS.c1cc2cccc3c4cccc5cccc(oc(c1)c23)c54. The first kappa shape index (κ1) is 28.6. The van der Waals surface area contributed by atoms with Gasteiger partial charge in [-0.3, -0.25) is 0 Å². The van der Waals surface area contributed by atoms with Gasteiger partial charge < -0.3 is 8.83 Å². The van der Waals surface area contributed by atoms with Gasteiger partial charge in [0.05, 0.1) is 0 Å². The molecular weight excluding hydrogens is 649 g/mol. The zero-order valence-electron chi connectivity index (χ0n) is 24.4. The quantitative estimate of drug-likeness (QED) is 0.129. The fourth-order valence-electron chi connectivity index (χ4n) is 6.73. The van der Waals surface area contributed by atoms with E-state index < -0.39 is 0 Å². The first-order chi connectivity index (χ1) is 22.7. The third-order valence-electron chi connectivity index (χ3n) is 8.57. The van der Waals surface area contributed by atoms with Gasteiger partial charge in [-0.25, -0.2) is 0 Å². The molecule has 0 saturated carbocycles. The smallest absolute Gasteiger partial charge is 0.135 e. The molecule has 0 N–H and O–H groups in total. The largest absolute Gasteiger partial charge is 0.456 e. The molecule has 2 aromatic heterocycles. The van der Waals surface area contributed by atoms with Crippen LogP contribution in [0.1, 0.15) is 0 Å². The van der Waals surface area contributed by atoms with Gasteiger partial charge in [-0.15, -0.1) is 0 Å². The van der Waals surface area contributed by atoms with Crippen molar-refractivity contribution in [1.82, 2.24) is 0 Å². The Bertz CT molecular complexity index is 2660. The van der Waals surface area contributed by atoms with Gasteiger partial charge in [-0.05, 0) is 68.0 Å². The second kappa shape index (κ2) is 11.8. The van der Waals surface area contributed by atoms with Crippen LogP contribution < -0.4 is 0 Å². The molecule has 10 aromatic rings. The zero-order chi connectivity index (χ0) is 31.2. The van der Waals surface area contributed by atoms with Crippen LogP contribution in [0.3, 0.4) is 0 Å². The molecule has 3 nitrogen and oxygen atoms in total. The van der Waals surface area contributed by atoms with Crippen LogP contribution in [0.15, 0.2) is 157 Å². The van der Waals surface area contributed by atoms with Crippen LogP contribution in [0.5, 0.6) is 0 Å². The molecule has 1 radical (unpaired) electrons. The summed E-state index contributed by atoms with van der Waals surface area (Å²) in [6.07, 6.45) is 0. The second-order valence-electron chi connectivity index (χ2n) is 11.1. The van der Waals surface area contributed by atoms with E-state index in [1.807, 2.05) is 18.2 Å². The Morgan fingerprint density at radius 2 is 0.717 bits per heavy atom. The van der Waals surface area contributed by atoms with Crippen LogP contribution in [0.2, 0.25) is 0 Å². The number of thiol groups is 1. The van der Waals surface area contributed by atoms with E-state index >= 15 is 0 Å². The number of benzene rings is 8. The molecule has 6 heteroatoms. The Morgan fingerprint density at radius 3 is 1.13 bits per heavy atom. The average Bonchev–Trinajstić information content (AvgIpc) is 3.32. The Hall–Kier alpha value is -4.91. The molecule has 0 bridgehead atoms. The molecule has 0 aliphatic carbocycles. The van der Waals surface area contributed by atoms with Crippen molar-refractivity contribution in [2.45, 2.75) is 0 Å². The van der Waals surface area contributed by atoms with Crippen LogP contribution >= 0.6 is 28.7 Å². The molecule has 0 aliphatic heterocycles. The van der Waals surface area contributed by atoms with Crippen molar-refractivity contribution < 1.29 is 8.83 Å². The van der Waals surface area contributed by atoms with Crippen LogP contribution in [-0.2, 0) is 0 Å². The van der Waals surface area contributed by atoms with Crippen molar-refractivity contribution in [3.8, 4) is 0 Å². The number of rotatable bonds is 0. The Balaban J connectivity index is 0.000000125. The molecule has 2 heterocycles. The van der Waals surface area contributed by atoms with Gasteiger partial charge in [-0.2, -0.15) is 0 Å². The molecule has 0 atom stereocenters. The summed E-state index contributed by atoms with van der Waals surface area (Å²) in [5.41, 5.74) is 3.71. The Kier molecular flexibility index (Phi) is 7.32. The maximum Gasteiger partial charge on any atom is 0.135 e. The van der Waals surface area contributed by atoms with Crippen LogP contribution in [-0.4, -0.2) is 7.64 Å². The molecule has 10 rings (SSSR count). The van der Waals surface area contributed by atoms with Crippen molar-refractivity contribution in [3.05, 3.63) is 144 Å². The van der Waals surface area contributed by atoms with Gasteiger partial charge in [0.25, 0.3) is 0 Å². The van der Waals surface area contributed by atoms with E-state index in [1.165, 1.54) is 64.6 Å². The van der Waals surface area contributed by atoms with E-state index in [2.05, 4.69) is 162 Å². The number of nitrogens with zero attached hydrogens (tertiary/aromatic N) is 1. The van der Waals surface area contributed by atoms with Crippen molar-refractivity contribution in [3.63, 3.8) is 0 Å². The van der Waals surface area contributed by atoms with E-state index in [1.54, 1.807) is 0 Å². The van der Waals surface area contributed by atoms with Gasteiger partial charge in [0.15, 0.2) is 0 Å². The van der Waals surface area contributed by atoms with Gasteiger partial charge in [-0.1, -0.05) is 125 Å². The average molecular weight is 673 g/mol. The summed E-state index contributed by atoms with van der Waals surface area (Å²) in [5, 5.41) is 14.5. The molecule has 0 spiro atoms. The van der Waals surface area contributed by atoms with E-state index in [-0.39, 0.29) is 0 Å². The fourth-order valence-corrected chi connectivity index (χ4v) is 7.20. The van der Waals surface area contributed by atoms with E-state index in [0.29, 0.717) is 0 Å². The predicted octanol–water partition coefficient (Wildman–Crippen LogP) is 12.7. The second-order valence-corrected chi connectivity index (χ2v) is 12.2. The van der Waals surface area contributed by atoms with Crippen LogP contribution in [0.25, 0.3) is 87.0 Å². The topological polar surface area (TPSA) is 38.6 Å².